The van der Waals surface area contributed by atoms with Gasteiger partial charge in [0.25, 0.3) is 0 Å². The van der Waals surface area contributed by atoms with Gasteiger partial charge in [-0.2, -0.15) is 9.97 Å². The van der Waals surface area contributed by atoms with E-state index in [1.807, 2.05) is 4.90 Å². The highest BCUT2D eigenvalue weighted by Crippen LogP contribution is 2.38. The second-order valence-corrected chi connectivity index (χ2v) is 15.2. The number of aromatic nitrogens is 3. The molecule has 0 aliphatic carbocycles. The Hall–Kier alpha value is -1.59. The molecular weight excluding hydrogens is 467 g/mol. The van der Waals surface area contributed by atoms with Gasteiger partial charge in [0, 0.05) is 25.7 Å². The number of anilines is 1. The van der Waals surface area contributed by atoms with Crippen LogP contribution in [-0.2, 0) is 13.9 Å². The molecule has 0 N–H and O–H groups in total. The van der Waals surface area contributed by atoms with E-state index in [1.54, 1.807) is 0 Å². The molecule has 2 aromatic rings. The van der Waals surface area contributed by atoms with E-state index in [4.69, 9.17) is 30.2 Å². The Balaban J connectivity index is 1.69. The maximum Gasteiger partial charge on any atom is 0.319 e. The minimum atomic E-state index is -2.02. The minimum Gasteiger partial charge on any atom is -0.458 e. The van der Waals surface area contributed by atoms with Gasteiger partial charge in [-0.15, -0.1) is 0 Å². The van der Waals surface area contributed by atoms with Gasteiger partial charge in [0.05, 0.1) is 37.9 Å². The van der Waals surface area contributed by atoms with Crippen LogP contribution in [0.5, 0.6) is 6.01 Å². The molecule has 11 heteroatoms. The summed E-state index contributed by atoms with van der Waals surface area (Å²) in [6.07, 6.45) is 1.93. The zero-order chi connectivity index (χ0) is 23.8. The maximum absolute atomic E-state index is 14.9. The van der Waals surface area contributed by atoms with Crippen LogP contribution in [0.15, 0.2) is 6.20 Å². The molecule has 0 aromatic carbocycles. The number of halogens is 2. The van der Waals surface area contributed by atoms with Gasteiger partial charge in [-0.1, -0.05) is 32.4 Å². The zero-order valence-corrected chi connectivity index (χ0v) is 21.6. The monoisotopic (exact) mass is 498 g/mol. The Morgan fingerprint density at radius 1 is 1.15 bits per heavy atom. The normalized spacial score (nSPS) is 22.6. The van der Waals surface area contributed by atoms with E-state index in [2.05, 4.69) is 48.8 Å². The van der Waals surface area contributed by atoms with Gasteiger partial charge in [0.1, 0.15) is 17.4 Å². The molecule has 2 aliphatic rings. The highest BCUT2D eigenvalue weighted by Gasteiger charge is 2.40. The van der Waals surface area contributed by atoms with E-state index in [1.165, 1.54) is 6.20 Å². The molecule has 2 aromatic heterocycles. The van der Waals surface area contributed by atoms with Crippen LogP contribution in [0.2, 0.25) is 23.3 Å². The Labute approximate surface area is 199 Å². The van der Waals surface area contributed by atoms with Gasteiger partial charge in [-0.3, -0.25) is 0 Å². The van der Waals surface area contributed by atoms with Crippen molar-refractivity contribution in [1.29, 1.82) is 0 Å². The first kappa shape index (κ1) is 24.5. The molecule has 0 saturated carbocycles. The zero-order valence-electron chi connectivity index (χ0n) is 19.9. The molecule has 4 rings (SSSR count). The number of pyridine rings is 1. The third-order valence-electron chi connectivity index (χ3n) is 6.56. The summed E-state index contributed by atoms with van der Waals surface area (Å²) < 4.78 is 38.7. The highest BCUT2D eigenvalue weighted by atomic mass is 35.5. The van der Waals surface area contributed by atoms with Crippen molar-refractivity contribution in [3.63, 3.8) is 0 Å². The van der Waals surface area contributed by atoms with Crippen LogP contribution < -0.4 is 9.64 Å². The number of rotatable bonds is 5. The van der Waals surface area contributed by atoms with Gasteiger partial charge < -0.3 is 23.5 Å². The molecule has 8 nitrogen and oxygen atoms in total. The minimum absolute atomic E-state index is 0.0694. The number of hydrogen-bond acceptors (Lipinski definition) is 8. The van der Waals surface area contributed by atoms with Gasteiger partial charge in [-0.05, 0) is 18.1 Å². The maximum atomic E-state index is 14.9. The van der Waals surface area contributed by atoms with Crippen molar-refractivity contribution in [2.75, 3.05) is 44.4 Å². The van der Waals surface area contributed by atoms with Crippen molar-refractivity contribution in [2.24, 2.45) is 0 Å². The lowest BCUT2D eigenvalue weighted by molar-refractivity contribution is 0.0655. The average Bonchev–Trinajstić information content (AvgIpc) is 3.14. The van der Waals surface area contributed by atoms with E-state index in [-0.39, 0.29) is 33.9 Å². The molecule has 182 valence electrons. The van der Waals surface area contributed by atoms with E-state index in [0.717, 1.165) is 6.42 Å². The van der Waals surface area contributed by atoms with Crippen LogP contribution in [0.1, 0.15) is 27.2 Å². The molecule has 33 heavy (non-hydrogen) atoms. The third-order valence-corrected chi connectivity index (χ3v) is 11.4. The third kappa shape index (κ3) is 5.40. The predicted molar refractivity (Wildman–Crippen MR) is 127 cm³/mol. The Kier molecular flexibility index (Phi) is 7.12. The van der Waals surface area contributed by atoms with Crippen molar-refractivity contribution in [3.8, 4) is 6.01 Å². The molecule has 2 aliphatic heterocycles. The molecule has 0 spiro atoms. The summed E-state index contributed by atoms with van der Waals surface area (Å²) in [5.74, 6) is -0.156. The summed E-state index contributed by atoms with van der Waals surface area (Å²) in [7, 11) is -2.02. The van der Waals surface area contributed by atoms with Gasteiger partial charge in [-0.25, -0.2) is 9.37 Å². The van der Waals surface area contributed by atoms with Gasteiger partial charge >= 0.3 is 6.01 Å². The van der Waals surface area contributed by atoms with E-state index in [9.17, 15) is 4.39 Å². The quantitative estimate of drug-likeness (QED) is 0.448. The predicted octanol–water partition coefficient (Wildman–Crippen LogP) is 4.21. The Morgan fingerprint density at radius 3 is 2.58 bits per heavy atom. The SMILES string of the molecule is CC(C)(C)[Si](C)(C)O[C@@H]1COCCN(c2nc(O[C@H]3CCOC3)nc3c(F)c(Cl)ncc23)C1. The molecule has 2 saturated heterocycles. The molecule has 0 unspecified atom stereocenters. The molecule has 0 amide bonds. The number of fused-ring (bicyclic) bond motifs is 1. The van der Waals surface area contributed by atoms with Crippen molar-refractivity contribution in [3.05, 3.63) is 17.2 Å². The second-order valence-electron chi connectivity index (χ2n) is 10.1. The lowest BCUT2D eigenvalue weighted by Gasteiger charge is -2.39. The molecule has 0 radical (unpaired) electrons. The van der Waals surface area contributed by atoms with Gasteiger partial charge in [0.15, 0.2) is 19.3 Å². The second kappa shape index (κ2) is 9.57. The molecule has 0 bridgehead atoms. The highest BCUT2D eigenvalue weighted by molar-refractivity contribution is 6.74. The van der Waals surface area contributed by atoms with Crippen LogP contribution in [0.25, 0.3) is 10.9 Å². The van der Waals surface area contributed by atoms with Crippen LogP contribution in [-0.4, -0.2) is 75.0 Å². The fourth-order valence-corrected chi connectivity index (χ4v) is 5.15. The average molecular weight is 499 g/mol. The summed E-state index contributed by atoms with van der Waals surface area (Å²) in [5, 5.41) is 0.306. The topological polar surface area (TPSA) is 78.8 Å². The Morgan fingerprint density at radius 2 is 1.88 bits per heavy atom. The number of ether oxygens (including phenoxy) is 3. The van der Waals surface area contributed by atoms with Crippen LogP contribution >= 0.6 is 11.6 Å². The Bertz CT molecular complexity index is 1000. The van der Waals surface area contributed by atoms with Crippen LogP contribution in [0.4, 0.5) is 10.2 Å². The summed E-state index contributed by atoms with van der Waals surface area (Å²) in [4.78, 5) is 15.0. The van der Waals surface area contributed by atoms with Crippen LogP contribution in [0, 0.1) is 5.82 Å². The lowest BCUT2D eigenvalue weighted by atomic mass is 10.2. The van der Waals surface area contributed by atoms with Crippen LogP contribution in [0.3, 0.4) is 0 Å². The summed E-state index contributed by atoms with van der Waals surface area (Å²) in [5.41, 5.74) is 0.0842. The fourth-order valence-electron chi connectivity index (χ4n) is 3.68. The number of hydrogen-bond donors (Lipinski definition) is 0. The van der Waals surface area contributed by atoms with E-state index in [0.29, 0.717) is 50.7 Å². The first-order valence-corrected chi connectivity index (χ1v) is 14.6. The summed E-state index contributed by atoms with van der Waals surface area (Å²) >= 11 is 5.96. The molecular formula is C22H32ClFN4O4Si. The van der Waals surface area contributed by atoms with E-state index < -0.39 is 14.1 Å². The first-order valence-electron chi connectivity index (χ1n) is 11.3. The van der Waals surface area contributed by atoms with E-state index >= 15 is 0 Å². The standard InChI is InChI=1S/C22H32ClFN4O4Si/c1-22(2,3)33(4,5)32-15-11-28(7-9-30-13-15)20-16-10-25-19(23)17(24)18(16)26-21(27-20)31-14-6-8-29-12-14/h10,14-15H,6-9,11-13H2,1-5H3/t14-,15-/m0/s1. The molecule has 2 fully saturated rings. The molecule has 4 heterocycles. The van der Waals surface area contributed by atoms with Crippen molar-refractivity contribution in [1.82, 2.24) is 15.0 Å². The number of nitrogens with zero attached hydrogens (tertiary/aromatic N) is 4. The lowest BCUT2D eigenvalue weighted by Crippen LogP contribution is -2.47. The van der Waals surface area contributed by atoms with Crippen molar-refractivity contribution < 1.29 is 23.0 Å². The van der Waals surface area contributed by atoms with Crippen molar-refractivity contribution in [2.45, 2.75) is 57.5 Å². The summed E-state index contributed by atoms with van der Waals surface area (Å²) in [6.45, 7) is 14.3. The largest absolute Gasteiger partial charge is 0.458 e. The van der Waals surface area contributed by atoms with Gasteiger partial charge in [0.2, 0.25) is 0 Å². The first-order chi connectivity index (χ1) is 15.5. The fraction of sp³-hybridized carbons (Fsp3) is 0.682. The smallest absolute Gasteiger partial charge is 0.319 e. The van der Waals surface area contributed by atoms with Crippen molar-refractivity contribution >= 4 is 36.6 Å². The molecule has 2 atom stereocenters. The summed E-state index contributed by atoms with van der Waals surface area (Å²) in [6, 6.07) is 0.0983.